The number of benzene rings is 1. The van der Waals surface area contributed by atoms with E-state index in [1.165, 1.54) is 11.8 Å². The van der Waals surface area contributed by atoms with Gasteiger partial charge in [0.1, 0.15) is 10.8 Å². The average Bonchev–Trinajstić information content (AvgIpc) is 3.50. The fourth-order valence-electron chi connectivity index (χ4n) is 4.07. The number of methoxy groups -OCH3 is 1. The second-order valence-corrected chi connectivity index (χ2v) is 8.48. The van der Waals surface area contributed by atoms with E-state index in [-0.39, 0.29) is 11.9 Å². The predicted octanol–water partition coefficient (Wildman–Crippen LogP) is 3.65. The van der Waals surface area contributed by atoms with Crippen LogP contribution in [0.5, 0.6) is 5.75 Å². The number of hydrogen-bond donors (Lipinski definition) is 0. The van der Waals surface area contributed by atoms with Crippen LogP contribution in [0.1, 0.15) is 24.4 Å². The van der Waals surface area contributed by atoms with Gasteiger partial charge in [-0.25, -0.2) is 0 Å². The molecule has 32 heavy (non-hydrogen) atoms. The fourth-order valence-corrected chi connectivity index (χ4v) is 4.81. The Labute approximate surface area is 189 Å². The van der Waals surface area contributed by atoms with Crippen molar-refractivity contribution in [2.75, 3.05) is 19.4 Å². The third-order valence-corrected chi connectivity index (χ3v) is 6.48. The summed E-state index contributed by atoms with van der Waals surface area (Å²) in [6.07, 6.45) is 5.37. The molecule has 0 radical (unpaired) electrons. The molecule has 0 saturated carbocycles. The van der Waals surface area contributed by atoms with Gasteiger partial charge in [-0.05, 0) is 43.2 Å². The van der Waals surface area contributed by atoms with Crippen molar-refractivity contribution in [1.82, 2.24) is 29.7 Å². The van der Waals surface area contributed by atoms with Crippen molar-refractivity contribution in [3.05, 3.63) is 66.5 Å². The van der Waals surface area contributed by atoms with Crippen molar-refractivity contribution in [3.63, 3.8) is 0 Å². The SMILES string of the molecule is COc1ccccc1C1CCCN1C(=O)CSc1ccc2nnc(-c3cccnc3)n2n1. The number of rotatable bonds is 6. The van der Waals surface area contributed by atoms with Crippen LogP contribution < -0.4 is 4.74 Å². The van der Waals surface area contributed by atoms with E-state index in [4.69, 9.17) is 4.74 Å². The molecule has 5 rings (SSSR count). The number of amides is 1. The molecule has 9 heteroatoms. The van der Waals surface area contributed by atoms with E-state index in [1.54, 1.807) is 24.0 Å². The molecule has 1 amide bonds. The molecule has 1 fully saturated rings. The molecule has 8 nitrogen and oxygen atoms in total. The lowest BCUT2D eigenvalue weighted by Gasteiger charge is -2.26. The van der Waals surface area contributed by atoms with E-state index in [2.05, 4.69) is 20.3 Å². The minimum atomic E-state index is 0.0460. The van der Waals surface area contributed by atoms with Gasteiger partial charge in [-0.1, -0.05) is 30.0 Å². The number of para-hydroxylation sites is 1. The smallest absolute Gasteiger partial charge is 0.233 e. The fraction of sp³-hybridized carbons (Fsp3) is 0.261. The van der Waals surface area contributed by atoms with E-state index in [0.29, 0.717) is 17.2 Å². The number of fused-ring (bicyclic) bond motifs is 1. The molecular formula is C23H22N6O2S. The summed E-state index contributed by atoms with van der Waals surface area (Å²) in [7, 11) is 1.67. The highest BCUT2D eigenvalue weighted by Gasteiger charge is 2.31. The van der Waals surface area contributed by atoms with Gasteiger partial charge in [0.2, 0.25) is 5.91 Å². The van der Waals surface area contributed by atoms with Crippen molar-refractivity contribution in [3.8, 4) is 17.1 Å². The zero-order valence-corrected chi connectivity index (χ0v) is 18.4. The highest BCUT2D eigenvalue weighted by Crippen LogP contribution is 2.37. The van der Waals surface area contributed by atoms with Crippen molar-refractivity contribution >= 4 is 23.3 Å². The van der Waals surface area contributed by atoms with Crippen LogP contribution in [0.25, 0.3) is 17.0 Å². The molecule has 1 atom stereocenters. The van der Waals surface area contributed by atoms with Crippen molar-refractivity contribution in [1.29, 1.82) is 0 Å². The first-order valence-corrected chi connectivity index (χ1v) is 11.4. The molecule has 0 N–H and O–H groups in total. The van der Waals surface area contributed by atoms with Crippen LogP contribution in [0.4, 0.5) is 0 Å². The van der Waals surface area contributed by atoms with Gasteiger partial charge in [0.25, 0.3) is 0 Å². The highest BCUT2D eigenvalue weighted by molar-refractivity contribution is 7.99. The average molecular weight is 447 g/mol. The molecule has 0 aliphatic carbocycles. The Hall–Kier alpha value is -3.46. The number of nitrogens with zero attached hydrogens (tertiary/aromatic N) is 6. The van der Waals surface area contributed by atoms with E-state index < -0.39 is 0 Å². The molecule has 1 unspecified atom stereocenters. The maximum absolute atomic E-state index is 13.1. The topological polar surface area (TPSA) is 85.5 Å². The Bertz CT molecular complexity index is 1250. The predicted molar refractivity (Wildman–Crippen MR) is 121 cm³/mol. The summed E-state index contributed by atoms with van der Waals surface area (Å²) < 4.78 is 7.22. The molecule has 1 aliphatic heterocycles. The van der Waals surface area contributed by atoms with Gasteiger partial charge >= 0.3 is 0 Å². The van der Waals surface area contributed by atoms with Gasteiger partial charge in [-0.2, -0.15) is 9.61 Å². The maximum atomic E-state index is 13.1. The first kappa shape index (κ1) is 20.4. The van der Waals surface area contributed by atoms with Crippen LogP contribution in [0.3, 0.4) is 0 Å². The van der Waals surface area contributed by atoms with E-state index in [1.807, 2.05) is 53.4 Å². The quantitative estimate of drug-likeness (QED) is 0.418. The molecule has 1 aromatic carbocycles. The first-order valence-electron chi connectivity index (χ1n) is 10.4. The van der Waals surface area contributed by atoms with Crippen molar-refractivity contribution in [2.24, 2.45) is 0 Å². The van der Waals surface area contributed by atoms with Crippen molar-refractivity contribution < 1.29 is 9.53 Å². The van der Waals surface area contributed by atoms with Crippen LogP contribution in [0.15, 0.2) is 66.0 Å². The van der Waals surface area contributed by atoms with Crippen LogP contribution >= 0.6 is 11.8 Å². The summed E-state index contributed by atoms with van der Waals surface area (Å²) in [6.45, 7) is 0.755. The molecule has 1 aliphatic rings. The zero-order valence-electron chi connectivity index (χ0n) is 17.6. The van der Waals surface area contributed by atoms with Crippen LogP contribution in [-0.4, -0.2) is 55.0 Å². The van der Waals surface area contributed by atoms with Gasteiger partial charge in [0, 0.05) is 30.1 Å². The summed E-state index contributed by atoms with van der Waals surface area (Å²) in [5.74, 6) is 1.86. The molecule has 4 heterocycles. The number of hydrogen-bond acceptors (Lipinski definition) is 7. The van der Waals surface area contributed by atoms with Crippen LogP contribution in [-0.2, 0) is 4.79 Å². The first-order chi connectivity index (χ1) is 15.7. The Balaban J connectivity index is 1.32. The van der Waals surface area contributed by atoms with E-state index >= 15 is 0 Å². The van der Waals surface area contributed by atoms with E-state index in [9.17, 15) is 4.79 Å². The molecule has 1 saturated heterocycles. The molecule has 3 aromatic heterocycles. The number of likely N-dealkylation sites (tertiary alicyclic amines) is 1. The molecule has 0 bridgehead atoms. The molecule has 162 valence electrons. The summed E-state index contributed by atoms with van der Waals surface area (Å²) in [4.78, 5) is 19.2. The van der Waals surface area contributed by atoms with Gasteiger partial charge in [0.05, 0.1) is 18.9 Å². The Kier molecular flexibility index (Phi) is 5.72. The second-order valence-electron chi connectivity index (χ2n) is 7.48. The van der Waals surface area contributed by atoms with Gasteiger partial charge < -0.3 is 9.64 Å². The lowest BCUT2D eigenvalue weighted by molar-refractivity contribution is -0.129. The Morgan fingerprint density at radius 3 is 2.91 bits per heavy atom. The number of carbonyl (C=O) groups is 1. The number of ether oxygens (including phenoxy) is 1. The number of pyridine rings is 1. The normalized spacial score (nSPS) is 15.9. The third-order valence-electron chi connectivity index (χ3n) is 5.57. The molecule has 4 aromatic rings. The number of thioether (sulfide) groups is 1. The standard InChI is InChI=1S/C23H22N6O2S/c1-31-19-9-3-2-7-17(19)18-8-5-13-28(18)22(30)15-32-21-11-10-20-25-26-23(29(20)27-21)16-6-4-12-24-14-16/h2-4,6-7,9-12,14,18H,5,8,13,15H2,1H3. The third kappa shape index (κ3) is 3.91. The monoisotopic (exact) mass is 446 g/mol. The van der Waals surface area contributed by atoms with Crippen LogP contribution in [0.2, 0.25) is 0 Å². The summed E-state index contributed by atoms with van der Waals surface area (Å²) in [6, 6.07) is 15.5. The zero-order chi connectivity index (χ0) is 21.9. The van der Waals surface area contributed by atoms with Gasteiger partial charge in [-0.15, -0.1) is 10.2 Å². The summed E-state index contributed by atoms with van der Waals surface area (Å²) >= 11 is 1.42. The largest absolute Gasteiger partial charge is 0.496 e. The van der Waals surface area contributed by atoms with Gasteiger partial charge in [-0.3, -0.25) is 9.78 Å². The lowest BCUT2D eigenvalue weighted by atomic mass is 10.0. The summed E-state index contributed by atoms with van der Waals surface area (Å²) in [5.41, 5.74) is 2.55. The number of carbonyl (C=O) groups excluding carboxylic acids is 1. The minimum absolute atomic E-state index is 0.0460. The Morgan fingerprint density at radius 2 is 2.06 bits per heavy atom. The molecule has 0 spiro atoms. The maximum Gasteiger partial charge on any atom is 0.233 e. The minimum Gasteiger partial charge on any atom is -0.496 e. The van der Waals surface area contributed by atoms with Crippen LogP contribution in [0, 0.1) is 0 Å². The molecular weight excluding hydrogens is 424 g/mol. The highest BCUT2D eigenvalue weighted by atomic mass is 32.2. The van der Waals surface area contributed by atoms with Gasteiger partial charge in [0.15, 0.2) is 11.5 Å². The lowest BCUT2D eigenvalue weighted by Crippen LogP contribution is -2.32. The summed E-state index contributed by atoms with van der Waals surface area (Å²) in [5, 5.41) is 13.8. The van der Waals surface area contributed by atoms with E-state index in [0.717, 1.165) is 41.3 Å². The van der Waals surface area contributed by atoms with Crippen molar-refractivity contribution in [2.45, 2.75) is 23.9 Å². The number of aromatic nitrogens is 5. The second kappa shape index (κ2) is 8.96. The Morgan fingerprint density at radius 1 is 1.16 bits per heavy atom.